The van der Waals surface area contributed by atoms with Crippen molar-refractivity contribution in [2.24, 2.45) is 40.9 Å². The zero-order chi connectivity index (χ0) is 19.6. The second-order valence-corrected chi connectivity index (χ2v) is 32.1. The Balaban J connectivity index is 1.61. The lowest BCUT2D eigenvalue weighted by molar-refractivity contribution is -0.126. The van der Waals surface area contributed by atoms with E-state index < -0.39 is 3.41 Å². The molecule has 0 amide bonds. The molecule has 4 fully saturated rings. The van der Waals surface area contributed by atoms with Gasteiger partial charge in [-0.2, -0.15) is 0 Å². The van der Waals surface area contributed by atoms with E-state index in [0.717, 1.165) is 48.7 Å². The fourth-order valence-corrected chi connectivity index (χ4v) is 11.6. The number of hydrogen-bond donors (Lipinski definition) is 0. The van der Waals surface area contributed by atoms with Crippen molar-refractivity contribution in [3.8, 4) is 0 Å². The van der Waals surface area contributed by atoms with Crippen LogP contribution in [0.15, 0.2) is 11.6 Å². The molecule has 0 aromatic rings. The summed E-state index contributed by atoms with van der Waals surface area (Å²) in [5, 5.41) is 0. The molecule has 0 radical (unpaired) electrons. The van der Waals surface area contributed by atoms with Crippen LogP contribution in [0.25, 0.3) is 0 Å². The molecule has 4 saturated carbocycles. The Kier molecular flexibility index (Phi) is 5.53. The van der Waals surface area contributed by atoms with Gasteiger partial charge < -0.3 is 0 Å². The highest BCUT2D eigenvalue weighted by atomic mass is 127. The average Bonchev–Trinajstić information content (AvgIpc) is 2.82. The van der Waals surface area contributed by atoms with Crippen LogP contribution in [-0.2, 0) is 8.20 Å². The molecule has 5 heteroatoms. The Labute approximate surface area is 189 Å². The first-order valence-corrected chi connectivity index (χ1v) is 18.4. The topological polar surface area (TPSA) is 34.1 Å². The van der Waals surface area contributed by atoms with Crippen molar-refractivity contribution in [2.45, 2.75) is 65.2 Å². The zero-order valence-electron chi connectivity index (χ0n) is 16.9. The number of ketones is 1. The van der Waals surface area contributed by atoms with Crippen LogP contribution >= 0.6 is 42.4 Å². The predicted octanol–water partition coefficient (Wildman–Crippen LogP) is 6.53. The van der Waals surface area contributed by atoms with Gasteiger partial charge in [-0.25, -0.2) is 0 Å². The Morgan fingerprint density at radius 3 is 2.56 bits per heavy atom. The van der Waals surface area contributed by atoms with Gasteiger partial charge in [0.1, 0.15) is 5.78 Å². The second-order valence-electron chi connectivity index (χ2n) is 10.3. The molecule has 0 spiro atoms. The van der Waals surface area contributed by atoms with Crippen molar-refractivity contribution in [3.63, 3.8) is 0 Å². The fourth-order valence-electron chi connectivity index (χ4n) is 7.83. The summed E-state index contributed by atoms with van der Waals surface area (Å²) in [6.45, 7) is 4.73. The molecule has 0 saturated heterocycles. The summed E-state index contributed by atoms with van der Waals surface area (Å²) in [5.74, 6) is 5.75. The van der Waals surface area contributed by atoms with Gasteiger partial charge in [-0.3, -0.25) is 9.00 Å². The van der Waals surface area contributed by atoms with Gasteiger partial charge >= 0.3 is 0 Å². The number of carbonyl (C=O) groups is 1. The second kappa shape index (κ2) is 7.03. The molecule has 0 bridgehead atoms. The van der Waals surface area contributed by atoms with E-state index in [2.05, 4.69) is 62.3 Å². The van der Waals surface area contributed by atoms with Crippen LogP contribution in [0.2, 0.25) is 0 Å². The third kappa shape index (κ3) is 4.00. The minimum absolute atomic E-state index is 0.316. The number of halogens is 2. The van der Waals surface area contributed by atoms with Crippen LogP contribution in [0.3, 0.4) is 0 Å². The molecule has 4 rings (SSSR count). The van der Waals surface area contributed by atoms with Crippen LogP contribution in [-0.4, -0.2) is 22.0 Å². The minimum Gasteiger partial charge on any atom is -0.300 e. The van der Waals surface area contributed by atoms with Crippen molar-refractivity contribution < 1.29 is 9.00 Å². The van der Waals surface area contributed by atoms with Crippen molar-refractivity contribution in [1.29, 1.82) is 0 Å². The van der Waals surface area contributed by atoms with Gasteiger partial charge in [-0.05, 0) is 89.8 Å². The first-order valence-electron chi connectivity index (χ1n) is 10.7. The van der Waals surface area contributed by atoms with Crippen LogP contribution in [0.4, 0.5) is 0 Å². The summed E-state index contributed by atoms with van der Waals surface area (Å²) in [5.41, 5.74) is 1.93. The first kappa shape index (κ1) is 21.3. The third-order valence-corrected chi connectivity index (χ3v) is 11.9. The summed E-state index contributed by atoms with van der Waals surface area (Å²) >= 11 is 4.46. The molecule has 4 aliphatic carbocycles. The molecule has 0 N–H and O–H groups in total. The smallest absolute Gasteiger partial charge is 0.133 e. The summed E-state index contributed by atoms with van der Waals surface area (Å²) in [7, 11) is 0. The Bertz CT molecular complexity index is 728. The molecular formula is C22H34I2O2S. The highest BCUT2D eigenvalue weighted by molar-refractivity contribution is 14.3. The van der Waals surface area contributed by atoms with E-state index in [4.69, 9.17) is 0 Å². The standard InChI is InChI=1S/C22H34I2O2S/c1-4-20-15(13-27(3,23,24)26)12-21-19-7-5-14-11-16(25)6-8-17(14)18(19)9-10-22(20,21)2/h4,14-15,17-19,21H,5-13H2,1-3H3/b20-4-/t14-,15?,17-,18+,19+,21-,22+/m0/s1. The normalized spacial score (nSPS) is 47.7. The number of allylic oxidation sites excluding steroid dienone is 2. The molecule has 1 unspecified atom stereocenters. The lowest BCUT2D eigenvalue weighted by atomic mass is 9.50. The van der Waals surface area contributed by atoms with E-state index in [1.807, 2.05) is 6.26 Å². The lowest BCUT2D eigenvalue weighted by Crippen LogP contribution is -2.47. The van der Waals surface area contributed by atoms with Gasteiger partial charge in [0, 0.05) is 67.3 Å². The highest BCUT2D eigenvalue weighted by Gasteiger charge is 2.58. The van der Waals surface area contributed by atoms with Gasteiger partial charge in [0.05, 0.1) is 0 Å². The number of carbonyl (C=O) groups excluding carboxylic acids is 1. The molecule has 0 aliphatic heterocycles. The van der Waals surface area contributed by atoms with E-state index >= 15 is 0 Å². The molecule has 27 heavy (non-hydrogen) atoms. The summed E-state index contributed by atoms with van der Waals surface area (Å²) in [6.07, 6.45) is 13.7. The zero-order valence-corrected chi connectivity index (χ0v) is 22.0. The van der Waals surface area contributed by atoms with Crippen molar-refractivity contribution in [2.75, 3.05) is 12.0 Å². The van der Waals surface area contributed by atoms with Crippen molar-refractivity contribution in [1.82, 2.24) is 0 Å². The summed E-state index contributed by atoms with van der Waals surface area (Å²) in [6, 6.07) is 0. The average molecular weight is 616 g/mol. The Morgan fingerprint density at radius 2 is 1.89 bits per heavy atom. The maximum atomic E-state index is 13.1. The number of fused-ring (bicyclic) bond motifs is 5. The quantitative estimate of drug-likeness (QED) is 0.201. The highest BCUT2D eigenvalue weighted by Crippen LogP contribution is 2.66. The first-order chi connectivity index (χ1) is 12.5. The van der Waals surface area contributed by atoms with Gasteiger partial charge in [0.2, 0.25) is 0 Å². The Hall–Kier alpha value is 1.02. The Morgan fingerprint density at radius 1 is 1.15 bits per heavy atom. The molecule has 0 aromatic carbocycles. The van der Waals surface area contributed by atoms with Crippen LogP contribution < -0.4 is 0 Å². The maximum absolute atomic E-state index is 13.1. The molecule has 4 aliphatic rings. The number of Topliss-reactive ketones (excluding diaryl/α,β-unsaturated/α-hetero) is 1. The van der Waals surface area contributed by atoms with Crippen LogP contribution in [0, 0.1) is 40.9 Å². The lowest BCUT2D eigenvalue weighted by Gasteiger charge is -2.54. The van der Waals surface area contributed by atoms with Gasteiger partial charge in [-0.1, -0.05) is 18.6 Å². The van der Waals surface area contributed by atoms with Crippen molar-refractivity contribution >= 4 is 51.6 Å². The largest absolute Gasteiger partial charge is 0.300 e. The van der Waals surface area contributed by atoms with Crippen LogP contribution in [0.1, 0.15) is 65.2 Å². The molecular weight excluding hydrogens is 582 g/mol. The maximum Gasteiger partial charge on any atom is 0.133 e. The van der Waals surface area contributed by atoms with Gasteiger partial charge in [0.15, 0.2) is 0 Å². The fraction of sp³-hybridized carbons (Fsp3) is 0.864. The monoisotopic (exact) mass is 616 g/mol. The molecule has 154 valence electrons. The predicted molar refractivity (Wildman–Crippen MR) is 132 cm³/mol. The van der Waals surface area contributed by atoms with Crippen LogP contribution in [0.5, 0.6) is 0 Å². The van der Waals surface area contributed by atoms with E-state index in [1.54, 1.807) is 5.57 Å². The molecule has 7 atom stereocenters. The van der Waals surface area contributed by atoms with E-state index in [-0.39, 0.29) is 0 Å². The SMILES string of the molecule is C/C=C1/C(CS(C)(=O)(I)I)C[C@H]2[C@@H]3CC[C@H]4CC(=O)CC[C@@H]4[C@H]3CC[C@]12C. The minimum atomic E-state index is -2.56. The van der Waals surface area contributed by atoms with Gasteiger partial charge in [-0.15, -0.1) is 0 Å². The van der Waals surface area contributed by atoms with E-state index in [1.165, 1.54) is 32.1 Å². The molecule has 0 heterocycles. The molecule has 2 nitrogen and oxygen atoms in total. The summed E-state index contributed by atoms with van der Waals surface area (Å²) in [4.78, 5) is 12.0. The number of hydrogen-bond acceptors (Lipinski definition) is 2. The third-order valence-electron chi connectivity index (χ3n) is 8.67. The van der Waals surface area contributed by atoms with Gasteiger partial charge in [0.25, 0.3) is 0 Å². The number of rotatable bonds is 2. The van der Waals surface area contributed by atoms with Crippen molar-refractivity contribution in [3.05, 3.63) is 11.6 Å². The summed E-state index contributed by atoms with van der Waals surface area (Å²) < 4.78 is 10.6. The molecule has 0 aromatic heterocycles. The van der Waals surface area contributed by atoms with E-state index in [0.29, 0.717) is 23.0 Å². The van der Waals surface area contributed by atoms with E-state index in [9.17, 15) is 9.00 Å².